The van der Waals surface area contributed by atoms with Crippen LogP contribution in [0.15, 0.2) is 94.3 Å². The first-order valence-corrected chi connectivity index (χ1v) is 12.2. The van der Waals surface area contributed by atoms with Crippen LogP contribution in [-0.4, -0.2) is 22.7 Å². The Hall–Kier alpha value is -5.76. The van der Waals surface area contributed by atoms with Gasteiger partial charge in [-0.1, -0.05) is 29.8 Å². The van der Waals surface area contributed by atoms with Crippen LogP contribution < -0.4 is 16.0 Å². The highest BCUT2D eigenvalue weighted by Crippen LogP contribution is 2.30. The van der Waals surface area contributed by atoms with Gasteiger partial charge >= 0.3 is 0 Å². The zero-order valence-electron chi connectivity index (χ0n) is 21.1. The number of hydrogen-bond acceptors (Lipinski definition) is 8. The maximum atomic E-state index is 12.7. The summed E-state index contributed by atoms with van der Waals surface area (Å²) in [5.74, 6) is -1.29. The molecule has 2 atom stereocenters. The fraction of sp³-hybridized carbons (Fsp3) is 0.103. The molecule has 40 heavy (non-hydrogen) atoms. The second-order valence-corrected chi connectivity index (χ2v) is 9.05. The van der Waals surface area contributed by atoms with Gasteiger partial charge in [0.05, 0.1) is 11.0 Å². The van der Waals surface area contributed by atoms with Crippen LogP contribution in [0.25, 0.3) is 11.3 Å². The number of carbonyl (C=O) groups is 2. The van der Waals surface area contributed by atoms with Crippen LogP contribution >= 0.6 is 0 Å². The van der Waals surface area contributed by atoms with E-state index in [2.05, 4.69) is 20.9 Å². The molecule has 198 valence electrons. The normalized spacial score (nSPS) is 16.3. The lowest BCUT2D eigenvalue weighted by molar-refractivity contribution is -0.384. The molecule has 4 aromatic rings. The van der Waals surface area contributed by atoms with Crippen molar-refractivity contribution in [2.45, 2.75) is 13.0 Å². The molecule has 5 rings (SSSR count). The van der Waals surface area contributed by atoms with E-state index < -0.39 is 28.7 Å². The molecule has 3 N–H and O–H groups in total. The first-order valence-electron chi connectivity index (χ1n) is 12.2. The van der Waals surface area contributed by atoms with Crippen molar-refractivity contribution in [3.8, 4) is 17.4 Å². The van der Waals surface area contributed by atoms with Crippen LogP contribution in [0.2, 0.25) is 0 Å². The molecular weight excluding hydrogens is 512 g/mol. The Bertz CT molecular complexity index is 1650. The molecule has 3 aromatic carbocycles. The summed E-state index contributed by atoms with van der Waals surface area (Å²) in [5.41, 5.74) is 3.47. The molecular formula is C29H22N6O5. The van der Waals surface area contributed by atoms with E-state index in [0.29, 0.717) is 22.6 Å². The van der Waals surface area contributed by atoms with Crippen LogP contribution in [0.4, 0.5) is 17.1 Å². The van der Waals surface area contributed by atoms with Gasteiger partial charge in [-0.3, -0.25) is 25.0 Å². The molecule has 0 fully saturated rings. The van der Waals surface area contributed by atoms with Gasteiger partial charge in [0, 0.05) is 29.1 Å². The number of furan rings is 1. The second kappa shape index (κ2) is 10.9. The fourth-order valence-corrected chi connectivity index (χ4v) is 4.14. The molecule has 2 amide bonds. The highest BCUT2D eigenvalue weighted by molar-refractivity contribution is 6.07. The van der Waals surface area contributed by atoms with Crippen molar-refractivity contribution in [3.63, 3.8) is 0 Å². The average Bonchev–Trinajstić information content (AvgIpc) is 3.45. The van der Waals surface area contributed by atoms with Crippen molar-refractivity contribution in [2.24, 2.45) is 10.9 Å². The van der Waals surface area contributed by atoms with Crippen molar-refractivity contribution in [2.75, 3.05) is 10.6 Å². The van der Waals surface area contributed by atoms with E-state index in [1.165, 1.54) is 18.2 Å². The van der Waals surface area contributed by atoms with E-state index in [0.717, 1.165) is 11.3 Å². The van der Waals surface area contributed by atoms with Gasteiger partial charge in [0.25, 0.3) is 11.6 Å². The Morgan fingerprint density at radius 2 is 1.68 bits per heavy atom. The Kier molecular flexibility index (Phi) is 7.07. The number of carbonyl (C=O) groups excluding carboxylic acids is 2. The predicted octanol–water partition coefficient (Wildman–Crippen LogP) is 5.19. The lowest BCUT2D eigenvalue weighted by atomic mass is 9.92. The van der Waals surface area contributed by atoms with E-state index in [4.69, 9.17) is 4.42 Å². The van der Waals surface area contributed by atoms with Gasteiger partial charge in [-0.05, 0) is 61.0 Å². The van der Waals surface area contributed by atoms with E-state index in [9.17, 15) is 25.0 Å². The maximum absolute atomic E-state index is 12.7. The third kappa shape index (κ3) is 5.56. The van der Waals surface area contributed by atoms with Crippen LogP contribution in [-0.2, 0) is 4.79 Å². The molecule has 11 heteroatoms. The number of anilines is 2. The summed E-state index contributed by atoms with van der Waals surface area (Å²) in [6.45, 7) is 1.97. The number of guanidine groups is 1. The van der Waals surface area contributed by atoms with Crippen LogP contribution in [0.3, 0.4) is 0 Å². The zero-order valence-corrected chi connectivity index (χ0v) is 21.1. The van der Waals surface area contributed by atoms with Crippen LogP contribution in [0.5, 0.6) is 0 Å². The summed E-state index contributed by atoms with van der Waals surface area (Å²) < 4.78 is 5.64. The molecule has 11 nitrogen and oxygen atoms in total. The number of aliphatic imine (C=N–C) groups is 1. The first kappa shape index (κ1) is 25.9. The molecule has 0 bridgehead atoms. The number of hydrogen-bond donors (Lipinski definition) is 3. The Balaban J connectivity index is 1.29. The molecule has 1 aliphatic rings. The Morgan fingerprint density at radius 1 is 1.00 bits per heavy atom. The Morgan fingerprint density at radius 3 is 2.33 bits per heavy atom. The SMILES string of the molecule is Cc1ccc(NC2=NC(c3ccc(NC(=O)c4ccc(-c5ccc([N+](=O)[O-])cc5)o4)cc3)C(C#N)C(=O)N2)cc1. The number of non-ortho nitro benzene ring substituents is 1. The number of nitriles is 1. The molecule has 0 radical (unpaired) electrons. The zero-order chi connectivity index (χ0) is 28.2. The second-order valence-electron chi connectivity index (χ2n) is 9.05. The van der Waals surface area contributed by atoms with Crippen molar-refractivity contribution >= 4 is 34.8 Å². The van der Waals surface area contributed by atoms with E-state index in [1.807, 2.05) is 37.3 Å². The summed E-state index contributed by atoms with van der Waals surface area (Å²) in [5, 5.41) is 28.9. The van der Waals surface area contributed by atoms with Crippen LogP contribution in [0.1, 0.15) is 27.7 Å². The smallest absolute Gasteiger partial charge is 0.291 e. The largest absolute Gasteiger partial charge is 0.451 e. The number of aryl methyl sites for hydroxylation is 1. The van der Waals surface area contributed by atoms with Crippen molar-refractivity contribution in [3.05, 3.63) is 112 Å². The highest BCUT2D eigenvalue weighted by Gasteiger charge is 2.34. The standard InChI is InChI=1S/C29H22N6O5/c1-17-2-8-21(9-3-17)32-29-33-26(23(16-30)27(36)34-29)19-4-10-20(11-5-19)31-28(37)25-15-14-24(40-25)18-6-12-22(13-7-18)35(38)39/h2-15,23,26H,1H3,(H,31,37)(H2,32,33,34,36). The highest BCUT2D eigenvalue weighted by atomic mass is 16.6. The lowest BCUT2D eigenvalue weighted by Crippen LogP contribution is -2.45. The topological polar surface area (TPSA) is 163 Å². The van der Waals surface area contributed by atoms with E-state index in [-0.39, 0.29) is 17.4 Å². The molecule has 1 aromatic heterocycles. The van der Waals surface area contributed by atoms with Crippen molar-refractivity contribution in [1.29, 1.82) is 5.26 Å². The minimum absolute atomic E-state index is 0.0453. The van der Waals surface area contributed by atoms with Crippen molar-refractivity contribution < 1.29 is 18.9 Å². The number of benzene rings is 3. The number of nitrogens with one attached hydrogen (secondary N) is 3. The van der Waals surface area contributed by atoms with Crippen LogP contribution in [0, 0.1) is 34.3 Å². The molecule has 0 spiro atoms. The molecule has 0 aliphatic carbocycles. The summed E-state index contributed by atoms with van der Waals surface area (Å²) in [6.07, 6.45) is 0. The van der Waals surface area contributed by atoms with E-state index in [1.54, 1.807) is 42.5 Å². The number of nitrogens with zero attached hydrogens (tertiary/aromatic N) is 3. The summed E-state index contributed by atoms with van der Waals surface area (Å²) in [7, 11) is 0. The predicted molar refractivity (Wildman–Crippen MR) is 147 cm³/mol. The van der Waals surface area contributed by atoms with Gasteiger partial charge in [0.1, 0.15) is 11.8 Å². The monoisotopic (exact) mass is 534 g/mol. The van der Waals surface area contributed by atoms with Gasteiger partial charge in [-0.15, -0.1) is 0 Å². The van der Waals surface area contributed by atoms with E-state index >= 15 is 0 Å². The Labute approximate surface area is 228 Å². The third-order valence-corrected chi connectivity index (χ3v) is 6.26. The molecule has 0 saturated heterocycles. The van der Waals surface area contributed by atoms with Gasteiger partial charge in [-0.2, -0.15) is 5.26 Å². The number of rotatable bonds is 6. The van der Waals surface area contributed by atoms with Gasteiger partial charge in [-0.25, -0.2) is 4.99 Å². The number of amides is 2. The molecule has 0 saturated carbocycles. The summed E-state index contributed by atoms with van der Waals surface area (Å²) >= 11 is 0. The average molecular weight is 535 g/mol. The van der Waals surface area contributed by atoms with Gasteiger partial charge < -0.3 is 15.1 Å². The molecule has 2 unspecified atom stereocenters. The van der Waals surface area contributed by atoms with Crippen molar-refractivity contribution in [1.82, 2.24) is 5.32 Å². The minimum atomic E-state index is -1.02. The maximum Gasteiger partial charge on any atom is 0.291 e. The minimum Gasteiger partial charge on any atom is -0.451 e. The van der Waals surface area contributed by atoms with Gasteiger partial charge in [0.2, 0.25) is 11.9 Å². The fourth-order valence-electron chi connectivity index (χ4n) is 4.14. The first-order chi connectivity index (χ1) is 19.3. The third-order valence-electron chi connectivity index (χ3n) is 6.26. The molecule has 1 aliphatic heterocycles. The summed E-state index contributed by atoms with van der Waals surface area (Å²) in [6, 6.07) is 24.5. The number of nitro benzene ring substituents is 1. The quantitative estimate of drug-likeness (QED) is 0.226. The molecule has 2 heterocycles. The van der Waals surface area contributed by atoms with Gasteiger partial charge in [0.15, 0.2) is 11.7 Å². The number of nitro groups is 1. The summed E-state index contributed by atoms with van der Waals surface area (Å²) in [4.78, 5) is 40.3. The lowest BCUT2D eigenvalue weighted by Gasteiger charge is -2.26.